The van der Waals surface area contributed by atoms with E-state index in [1.54, 1.807) is 25.4 Å². The number of aromatic nitrogens is 1. The molecule has 0 saturated heterocycles. The van der Waals surface area contributed by atoms with E-state index in [0.717, 1.165) is 11.3 Å². The maximum Gasteiger partial charge on any atom is 0.271 e. The van der Waals surface area contributed by atoms with Crippen molar-refractivity contribution in [2.45, 2.75) is 11.1 Å². The second kappa shape index (κ2) is 4.58. The van der Waals surface area contributed by atoms with Crippen LogP contribution in [0.1, 0.15) is 5.56 Å². The molecular weight excluding hydrogens is 272 g/mol. The Morgan fingerprint density at radius 1 is 1.39 bits per heavy atom. The highest BCUT2D eigenvalue weighted by Crippen LogP contribution is 2.21. The van der Waals surface area contributed by atoms with Crippen LogP contribution in [-0.4, -0.2) is 13.0 Å². The maximum absolute atomic E-state index is 12.0. The first-order valence-electron chi connectivity index (χ1n) is 5.14. The fourth-order valence-electron chi connectivity index (χ4n) is 1.44. The number of sulfonamides is 1. The van der Waals surface area contributed by atoms with E-state index in [0.29, 0.717) is 11.3 Å². The first kappa shape index (κ1) is 12.8. The van der Waals surface area contributed by atoms with Crippen LogP contribution in [-0.2, 0) is 17.1 Å². The lowest BCUT2D eigenvalue weighted by Crippen LogP contribution is -2.19. The molecule has 0 amide bonds. The van der Waals surface area contributed by atoms with Crippen LogP contribution in [0.2, 0.25) is 0 Å². The number of hydrogen-bond acceptors (Lipinski definition) is 4. The third kappa shape index (κ3) is 2.46. The van der Waals surface area contributed by atoms with Gasteiger partial charge in [-0.1, -0.05) is 6.07 Å². The van der Waals surface area contributed by atoms with Crippen molar-refractivity contribution in [1.29, 1.82) is 0 Å². The van der Waals surface area contributed by atoms with Crippen molar-refractivity contribution < 1.29 is 8.42 Å². The lowest BCUT2D eigenvalue weighted by Gasteiger charge is -2.10. The van der Waals surface area contributed by atoms with E-state index >= 15 is 0 Å². The van der Waals surface area contributed by atoms with E-state index in [4.69, 9.17) is 0 Å². The van der Waals surface area contributed by atoms with Crippen molar-refractivity contribution in [1.82, 2.24) is 4.57 Å². The molecule has 0 atom stereocenters. The molecule has 0 aliphatic heterocycles. The number of anilines is 1. The monoisotopic (exact) mass is 284 g/mol. The van der Waals surface area contributed by atoms with Crippen LogP contribution in [0.4, 0.5) is 5.69 Å². The largest absolute Gasteiger partial charge is 0.316 e. The average Bonchev–Trinajstić information content (AvgIpc) is 2.79. The quantitative estimate of drug-likeness (QED) is 0.930. The minimum absolute atomic E-state index is 0.174. The molecule has 2 rings (SSSR count). The Labute approximate surface area is 109 Å². The summed E-state index contributed by atoms with van der Waals surface area (Å²) in [5, 5.41) is 1.70. The molecular formula is C11H12N2O3S2. The van der Waals surface area contributed by atoms with E-state index < -0.39 is 10.0 Å². The Bertz CT molecular complexity index is 715. The SMILES string of the molecule is Cc1cc(=O)n(C)cc1NS(=O)(=O)c1cccs1. The normalized spacial score (nSPS) is 11.4. The van der Waals surface area contributed by atoms with Gasteiger partial charge >= 0.3 is 0 Å². The molecule has 5 nitrogen and oxygen atoms in total. The Hall–Kier alpha value is -1.60. The van der Waals surface area contributed by atoms with Gasteiger partial charge in [0, 0.05) is 19.3 Å². The standard InChI is InChI=1S/C11H12N2O3S2/c1-8-6-10(14)13(2)7-9(8)12-18(15,16)11-4-3-5-17-11/h3-7,12H,1-2H3. The predicted octanol–water partition coefficient (Wildman–Crippen LogP) is 1.56. The van der Waals surface area contributed by atoms with Gasteiger partial charge in [-0.25, -0.2) is 8.42 Å². The maximum atomic E-state index is 12.0. The summed E-state index contributed by atoms with van der Waals surface area (Å²) in [7, 11) is -1.99. The molecule has 0 spiro atoms. The van der Waals surface area contributed by atoms with Gasteiger partial charge in [-0.05, 0) is 23.9 Å². The molecule has 2 heterocycles. The van der Waals surface area contributed by atoms with Gasteiger partial charge in [0.2, 0.25) is 0 Å². The molecule has 0 aromatic carbocycles. The first-order chi connectivity index (χ1) is 8.40. The minimum Gasteiger partial charge on any atom is -0.316 e. The summed E-state index contributed by atoms with van der Waals surface area (Å²) < 4.78 is 28.1. The highest BCUT2D eigenvalue weighted by Gasteiger charge is 2.16. The van der Waals surface area contributed by atoms with Crippen LogP contribution < -0.4 is 10.3 Å². The molecule has 2 aromatic heterocycles. The summed E-state index contributed by atoms with van der Waals surface area (Å²) in [5.41, 5.74) is 0.829. The van der Waals surface area contributed by atoms with Crippen molar-refractivity contribution in [3.05, 3.63) is 45.7 Å². The number of aryl methyl sites for hydroxylation is 2. The van der Waals surface area contributed by atoms with Crippen LogP contribution in [0.5, 0.6) is 0 Å². The molecule has 0 aliphatic rings. The number of nitrogens with zero attached hydrogens (tertiary/aromatic N) is 1. The lowest BCUT2D eigenvalue weighted by atomic mass is 10.2. The zero-order chi connectivity index (χ0) is 13.3. The molecule has 7 heteroatoms. The van der Waals surface area contributed by atoms with Crippen molar-refractivity contribution in [3.8, 4) is 0 Å². The topological polar surface area (TPSA) is 68.2 Å². The molecule has 0 fully saturated rings. The van der Waals surface area contributed by atoms with Gasteiger partial charge in [0.1, 0.15) is 4.21 Å². The highest BCUT2D eigenvalue weighted by molar-refractivity contribution is 7.94. The fourth-order valence-corrected chi connectivity index (χ4v) is 3.55. The Kier molecular flexibility index (Phi) is 3.27. The van der Waals surface area contributed by atoms with Gasteiger partial charge in [0.05, 0.1) is 5.69 Å². The second-order valence-electron chi connectivity index (χ2n) is 3.86. The second-order valence-corrected chi connectivity index (χ2v) is 6.71. The van der Waals surface area contributed by atoms with Gasteiger partial charge < -0.3 is 4.57 Å². The molecule has 18 heavy (non-hydrogen) atoms. The number of hydrogen-bond donors (Lipinski definition) is 1. The van der Waals surface area contributed by atoms with Crippen LogP contribution in [0, 0.1) is 6.92 Å². The number of rotatable bonds is 3. The summed E-state index contributed by atoms with van der Waals surface area (Å²) in [4.78, 5) is 11.4. The van der Waals surface area contributed by atoms with Gasteiger partial charge in [0.15, 0.2) is 0 Å². The van der Waals surface area contributed by atoms with Crippen molar-refractivity contribution in [3.63, 3.8) is 0 Å². The van der Waals surface area contributed by atoms with Crippen LogP contribution in [0.15, 0.2) is 38.8 Å². The van der Waals surface area contributed by atoms with Crippen molar-refractivity contribution >= 4 is 27.0 Å². The van der Waals surface area contributed by atoms with Crippen LogP contribution in [0.25, 0.3) is 0 Å². The van der Waals surface area contributed by atoms with E-state index in [-0.39, 0.29) is 9.77 Å². The van der Waals surface area contributed by atoms with E-state index in [9.17, 15) is 13.2 Å². The number of pyridine rings is 1. The Balaban J connectivity index is 2.42. The molecule has 0 aliphatic carbocycles. The van der Waals surface area contributed by atoms with E-state index in [1.165, 1.54) is 22.9 Å². The Morgan fingerprint density at radius 2 is 2.11 bits per heavy atom. The number of nitrogens with one attached hydrogen (secondary N) is 1. The van der Waals surface area contributed by atoms with Gasteiger partial charge in [0.25, 0.3) is 15.6 Å². The smallest absolute Gasteiger partial charge is 0.271 e. The highest BCUT2D eigenvalue weighted by atomic mass is 32.2. The van der Waals surface area contributed by atoms with Gasteiger partial charge in [-0.15, -0.1) is 11.3 Å². The summed E-state index contributed by atoms with van der Waals surface area (Å²) in [6.45, 7) is 1.69. The molecule has 0 saturated carbocycles. The molecule has 0 unspecified atom stereocenters. The molecule has 2 aromatic rings. The van der Waals surface area contributed by atoms with E-state index in [2.05, 4.69) is 4.72 Å². The molecule has 96 valence electrons. The minimum atomic E-state index is -3.57. The molecule has 0 radical (unpaired) electrons. The van der Waals surface area contributed by atoms with E-state index in [1.807, 2.05) is 0 Å². The first-order valence-corrected chi connectivity index (χ1v) is 7.50. The van der Waals surface area contributed by atoms with Crippen molar-refractivity contribution in [2.75, 3.05) is 4.72 Å². The van der Waals surface area contributed by atoms with Crippen LogP contribution in [0.3, 0.4) is 0 Å². The van der Waals surface area contributed by atoms with Crippen LogP contribution >= 0.6 is 11.3 Å². The van der Waals surface area contributed by atoms with Gasteiger partial charge in [-0.2, -0.15) is 0 Å². The summed E-state index contributed by atoms with van der Waals surface area (Å²) in [5.74, 6) is 0. The molecule has 0 bridgehead atoms. The summed E-state index contributed by atoms with van der Waals surface area (Å²) in [6, 6.07) is 4.60. The molecule has 1 N–H and O–H groups in total. The third-order valence-corrected chi connectivity index (χ3v) is 5.20. The summed E-state index contributed by atoms with van der Waals surface area (Å²) >= 11 is 1.14. The Morgan fingerprint density at radius 3 is 2.72 bits per heavy atom. The van der Waals surface area contributed by atoms with Gasteiger partial charge in [-0.3, -0.25) is 9.52 Å². The average molecular weight is 284 g/mol. The fraction of sp³-hybridized carbons (Fsp3) is 0.182. The zero-order valence-corrected chi connectivity index (χ0v) is 11.5. The third-order valence-electron chi connectivity index (χ3n) is 2.44. The predicted molar refractivity (Wildman–Crippen MR) is 71.5 cm³/mol. The zero-order valence-electron chi connectivity index (χ0n) is 9.88. The lowest BCUT2D eigenvalue weighted by molar-refractivity contribution is 0.603. The van der Waals surface area contributed by atoms with Crippen molar-refractivity contribution in [2.24, 2.45) is 7.05 Å². The number of thiophene rings is 1. The summed E-state index contributed by atoms with van der Waals surface area (Å²) in [6.07, 6.45) is 1.48.